The van der Waals surface area contributed by atoms with Crippen molar-refractivity contribution in [2.24, 2.45) is 5.92 Å². The number of nitriles is 1. The number of rotatable bonds is 4. The molecular formula is C15H17NO2. The molecule has 1 aromatic carbocycles. The van der Waals surface area contributed by atoms with E-state index in [-0.39, 0.29) is 12.3 Å². The third kappa shape index (κ3) is 2.53. The molecule has 1 aliphatic rings. The molecule has 2 rings (SSSR count). The van der Waals surface area contributed by atoms with Crippen LogP contribution in [-0.4, -0.2) is 11.1 Å². The zero-order chi connectivity index (χ0) is 13.3. The van der Waals surface area contributed by atoms with Gasteiger partial charge in [0.15, 0.2) is 0 Å². The molecule has 0 heterocycles. The molecule has 3 nitrogen and oxygen atoms in total. The van der Waals surface area contributed by atoms with Gasteiger partial charge in [-0.15, -0.1) is 0 Å². The molecule has 0 bridgehead atoms. The lowest BCUT2D eigenvalue weighted by Gasteiger charge is -2.16. The van der Waals surface area contributed by atoms with E-state index in [1.807, 2.05) is 26.0 Å². The van der Waals surface area contributed by atoms with E-state index in [9.17, 15) is 4.79 Å². The lowest BCUT2D eigenvalue weighted by atomic mass is 9.87. The Labute approximate surface area is 107 Å². The molecule has 0 saturated heterocycles. The Morgan fingerprint density at radius 1 is 1.50 bits per heavy atom. The number of benzene rings is 1. The van der Waals surface area contributed by atoms with E-state index in [4.69, 9.17) is 10.4 Å². The standard InChI is InChI=1S/C15H17NO2/c1-9-5-12(6-13(8-16)10(9)2)14(7-15(17)18)11-3-4-11/h5-6,11,14H,3-4,7H2,1-2H3,(H,17,18). The van der Waals surface area contributed by atoms with Gasteiger partial charge in [-0.2, -0.15) is 5.26 Å². The third-order valence-electron chi connectivity index (χ3n) is 3.82. The van der Waals surface area contributed by atoms with Gasteiger partial charge in [-0.1, -0.05) is 6.07 Å². The number of aryl methyl sites for hydroxylation is 1. The third-order valence-corrected chi connectivity index (χ3v) is 3.82. The van der Waals surface area contributed by atoms with Crippen molar-refractivity contribution in [3.63, 3.8) is 0 Å². The highest BCUT2D eigenvalue weighted by atomic mass is 16.4. The lowest BCUT2D eigenvalue weighted by Crippen LogP contribution is -2.09. The van der Waals surface area contributed by atoms with Crippen molar-refractivity contribution in [2.75, 3.05) is 0 Å². The molecule has 0 spiro atoms. The Balaban J connectivity index is 2.39. The molecule has 1 unspecified atom stereocenters. The molecule has 94 valence electrons. The Bertz CT molecular complexity index is 524. The quantitative estimate of drug-likeness (QED) is 0.883. The zero-order valence-corrected chi connectivity index (χ0v) is 10.7. The first-order valence-electron chi connectivity index (χ1n) is 6.26. The second-order valence-electron chi connectivity index (χ2n) is 5.16. The van der Waals surface area contributed by atoms with Gasteiger partial charge in [0.25, 0.3) is 0 Å². The number of carbonyl (C=O) groups is 1. The average Bonchev–Trinajstić information content (AvgIpc) is 3.13. The summed E-state index contributed by atoms with van der Waals surface area (Å²) in [6.45, 7) is 3.91. The van der Waals surface area contributed by atoms with Gasteiger partial charge in [-0.3, -0.25) is 4.79 Å². The predicted molar refractivity (Wildman–Crippen MR) is 68.3 cm³/mol. The lowest BCUT2D eigenvalue weighted by molar-refractivity contribution is -0.137. The maximum atomic E-state index is 11.0. The Kier molecular flexibility index (Phi) is 3.38. The molecular weight excluding hydrogens is 226 g/mol. The fourth-order valence-electron chi connectivity index (χ4n) is 2.46. The average molecular weight is 243 g/mol. The molecule has 18 heavy (non-hydrogen) atoms. The van der Waals surface area contributed by atoms with Crippen LogP contribution in [0.1, 0.15) is 47.4 Å². The van der Waals surface area contributed by atoms with Gasteiger partial charge in [-0.05, 0) is 61.3 Å². The van der Waals surface area contributed by atoms with Crippen molar-refractivity contribution in [1.82, 2.24) is 0 Å². The van der Waals surface area contributed by atoms with Crippen molar-refractivity contribution in [2.45, 2.75) is 39.0 Å². The van der Waals surface area contributed by atoms with Gasteiger partial charge in [0.1, 0.15) is 0 Å². The Morgan fingerprint density at radius 2 is 2.17 bits per heavy atom. The summed E-state index contributed by atoms with van der Waals surface area (Å²) in [5.41, 5.74) is 3.74. The Morgan fingerprint density at radius 3 is 2.67 bits per heavy atom. The number of hydrogen-bond acceptors (Lipinski definition) is 2. The second kappa shape index (κ2) is 4.81. The first-order valence-corrected chi connectivity index (χ1v) is 6.26. The topological polar surface area (TPSA) is 61.1 Å². The van der Waals surface area contributed by atoms with Crippen LogP contribution in [-0.2, 0) is 4.79 Å². The van der Waals surface area contributed by atoms with Gasteiger partial charge in [0, 0.05) is 0 Å². The highest BCUT2D eigenvalue weighted by molar-refractivity contribution is 5.68. The summed E-state index contributed by atoms with van der Waals surface area (Å²) in [5, 5.41) is 18.1. The SMILES string of the molecule is Cc1cc(C(CC(=O)O)C2CC2)cc(C#N)c1C. The highest BCUT2D eigenvalue weighted by Crippen LogP contribution is 2.45. The van der Waals surface area contributed by atoms with Crippen LogP contribution in [0.15, 0.2) is 12.1 Å². The van der Waals surface area contributed by atoms with Crippen LogP contribution in [0.4, 0.5) is 0 Å². The molecule has 1 aliphatic carbocycles. The van der Waals surface area contributed by atoms with E-state index in [1.165, 1.54) is 0 Å². The summed E-state index contributed by atoms with van der Waals surface area (Å²) in [6.07, 6.45) is 2.37. The highest BCUT2D eigenvalue weighted by Gasteiger charge is 2.34. The van der Waals surface area contributed by atoms with Crippen LogP contribution in [0, 0.1) is 31.1 Å². The molecule has 1 saturated carbocycles. The molecule has 1 atom stereocenters. The van der Waals surface area contributed by atoms with Crippen molar-refractivity contribution < 1.29 is 9.90 Å². The van der Waals surface area contributed by atoms with E-state index >= 15 is 0 Å². The van der Waals surface area contributed by atoms with Crippen molar-refractivity contribution in [3.8, 4) is 6.07 Å². The number of carboxylic acid groups (broad SMARTS) is 1. The second-order valence-corrected chi connectivity index (χ2v) is 5.16. The molecule has 0 aliphatic heterocycles. The van der Waals surface area contributed by atoms with Gasteiger partial charge >= 0.3 is 5.97 Å². The normalized spacial score (nSPS) is 16.1. The van der Waals surface area contributed by atoms with Gasteiger partial charge in [0.2, 0.25) is 0 Å². The molecule has 1 fully saturated rings. The van der Waals surface area contributed by atoms with E-state index in [2.05, 4.69) is 6.07 Å². The predicted octanol–water partition coefficient (Wildman–Crippen LogP) is 3.14. The number of aliphatic carboxylic acids is 1. The van der Waals surface area contributed by atoms with Crippen LogP contribution in [0.2, 0.25) is 0 Å². The molecule has 1 aromatic rings. The number of nitrogens with zero attached hydrogens (tertiary/aromatic N) is 1. The monoisotopic (exact) mass is 243 g/mol. The zero-order valence-electron chi connectivity index (χ0n) is 10.7. The summed E-state index contributed by atoms with van der Waals surface area (Å²) < 4.78 is 0. The van der Waals surface area contributed by atoms with Crippen LogP contribution in [0.5, 0.6) is 0 Å². The molecule has 0 amide bonds. The fourth-order valence-corrected chi connectivity index (χ4v) is 2.46. The van der Waals surface area contributed by atoms with Gasteiger partial charge < -0.3 is 5.11 Å². The largest absolute Gasteiger partial charge is 0.481 e. The van der Waals surface area contributed by atoms with E-state index in [1.54, 1.807) is 0 Å². The minimum absolute atomic E-state index is 0.0638. The first kappa shape index (κ1) is 12.6. The van der Waals surface area contributed by atoms with Crippen LogP contribution in [0.3, 0.4) is 0 Å². The van der Waals surface area contributed by atoms with Crippen molar-refractivity contribution >= 4 is 5.97 Å². The summed E-state index contributed by atoms with van der Waals surface area (Å²) >= 11 is 0. The summed E-state index contributed by atoms with van der Waals surface area (Å²) in [5.74, 6) is -0.215. The molecule has 3 heteroatoms. The summed E-state index contributed by atoms with van der Waals surface area (Å²) in [6, 6.07) is 6.11. The number of carboxylic acids is 1. The molecule has 1 N–H and O–H groups in total. The number of hydrogen-bond donors (Lipinski definition) is 1. The van der Waals surface area contributed by atoms with E-state index in [0.717, 1.165) is 29.5 Å². The van der Waals surface area contributed by atoms with E-state index in [0.29, 0.717) is 11.5 Å². The first-order chi connectivity index (χ1) is 8.52. The smallest absolute Gasteiger partial charge is 0.303 e. The van der Waals surface area contributed by atoms with Crippen LogP contribution >= 0.6 is 0 Å². The fraction of sp³-hybridized carbons (Fsp3) is 0.467. The van der Waals surface area contributed by atoms with Crippen LogP contribution < -0.4 is 0 Å². The molecule has 0 aromatic heterocycles. The Hall–Kier alpha value is -1.82. The van der Waals surface area contributed by atoms with Gasteiger partial charge in [-0.25, -0.2) is 0 Å². The maximum Gasteiger partial charge on any atom is 0.303 e. The van der Waals surface area contributed by atoms with Crippen molar-refractivity contribution in [1.29, 1.82) is 5.26 Å². The van der Waals surface area contributed by atoms with Crippen molar-refractivity contribution in [3.05, 3.63) is 34.4 Å². The van der Waals surface area contributed by atoms with E-state index < -0.39 is 5.97 Å². The minimum Gasteiger partial charge on any atom is -0.481 e. The summed E-state index contributed by atoms with van der Waals surface area (Å²) in [4.78, 5) is 11.0. The minimum atomic E-state index is -0.761. The van der Waals surface area contributed by atoms with Gasteiger partial charge in [0.05, 0.1) is 18.1 Å². The maximum absolute atomic E-state index is 11.0. The summed E-state index contributed by atoms with van der Waals surface area (Å²) in [7, 11) is 0. The molecule has 0 radical (unpaired) electrons. The van der Waals surface area contributed by atoms with Crippen LogP contribution in [0.25, 0.3) is 0 Å².